The second-order valence-electron chi connectivity index (χ2n) is 4.93. The summed E-state index contributed by atoms with van der Waals surface area (Å²) in [4.78, 5) is 23.9. The summed E-state index contributed by atoms with van der Waals surface area (Å²) in [5, 5.41) is 0. The van der Waals surface area contributed by atoms with Crippen molar-refractivity contribution < 1.29 is 14.3 Å². The minimum Gasteiger partial charge on any atom is -0.469 e. The Morgan fingerprint density at radius 1 is 1.21 bits per heavy atom. The molecular weight excluding hydrogens is 242 g/mol. The van der Waals surface area contributed by atoms with E-state index in [1.54, 1.807) is 0 Å². The van der Waals surface area contributed by atoms with Crippen molar-refractivity contribution >= 4 is 11.8 Å². The highest BCUT2D eigenvalue weighted by atomic mass is 16.5. The van der Waals surface area contributed by atoms with E-state index in [4.69, 9.17) is 10.5 Å². The zero-order valence-corrected chi connectivity index (χ0v) is 11.6. The lowest BCUT2D eigenvalue weighted by molar-refractivity contribution is -0.144. The molecule has 2 N–H and O–H groups in total. The van der Waals surface area contributed by atoms with E-state index in [1.807, 2.05) is 44.2 Å². The molecule has 0 aliphatic rings. The van der Waals surface area contributed by atoms with Crippen molar-refractivity contribution in [1.29, 1.82) is 0 Å². The van der Waals surface area contributed by atoms with Crippen LogP contribution in [0.15, 0.2) is 30.3 Å². The molecule has 104 valence electrons. The molecule has 0 aromatic heterocycles. The molecule has 4 nitrogen and oxygen atoms in total. The minimum absolute atomic E-state index is 0.0570. The maximum atomic E-state index is 12.1. The van der Waals surface area contributed by atoms with Gasteiger partial charge in [0.05, 0.1) is 19.1 Å². The number of carbonyl (C=O) groups is 2. The number of esters is 1. The number of nitrogens with two attached hydrogens (primary N) is 1. The van der Waals surface area contributed by atoms with Gasteiger partial charge in [0.2, 0.25) is 0 Å². The standard InChI is InChI=1S/C15H21NO3/c1-10(2)14(16)13(17)9-12(15(18)19-3)11-7-5-4-6-8-11/h4-8,10,12,14H,9,16H2,1-3H3/t12-,14+/m0/s1. The number of rotatable bonds is 6. The van der Waals surface area contributed by atoms with Crippen LogP contribution in [0.3, 0.4) is 0 Å². The predicted octanol–water partition coefficient (Wildman–Crippen LogP) is 1.89. The Labute approximate surface area is 113 Å². The molecule has 0 saturated carbocycles. The number of ether oxygens (including phenoxy) is 1. The summed E-state index contributed by atoms with van der Waals surface area (Å²) in [5.41, 5.74) is 6.60. The van der Waals surface area contributed by atoms with E-state index in [0.29, 0.717) is 0 Å². The first-order chi connectivity index (χ1) is 8.97. The van der Waals surface area contributed by atoms with E-state index >= 15 is 0 Å². The van der Waals surface area contributed by atoms with Crippen molar-refractivity contribution in [3.63, 3.8) is 0 Å². The Morgan fingerprint density at radius 3 is 2.26 bits per heavy atom. The fraction of sp³-hybridized carbons (Fsp3) is 0.467. The van der Waals surface area contributed by atoms with E-state index < -0.39 is 17.9 Å². The van der Waals surface area contributed by atoms with Crippen LogP contribution in [0.5, 0.6) is 0 Å². The van der Waals surface area contributed by atoms with Gasteiger partial charge in [0.15, 0.2) is 5.78 Å². The average Bonchev–Trinajstić information content (AvgIpc) is 2.43. The molecule has 0 heterocycles. The van der Waals surface area contributed by atoms with Gasteiger partial charge < -0.3 is 10.5 Å². The molecule has 0 saturated heterocycles. The normalized spacial score (nSPS) is 13.9. The molecular formula is C15H21NO3. The number of carbonyl (C=O) groups excluding carboxylic acids is 2. The van der Waals surface area contributed by atoms with Crippen molar-refractivity contribution in [3.05, 3.63) is 35.9 Å². The van der Waals surface area contributed by atoms with Crippen LogP contribution in [-0.4, -0.2) is 24.9 Å². The topological polar surface area (TPSA) is 69.4 Å². The maximum Gasteiger partial charge on any atom is 0.313 e. The Bertz CT molecular complexity index is 428. The first-order valence-corrected chi connectivity index (χ1v) is 6.38. The van der Waals surface area contributed by atoms with Crippen LogP contribution < -0.4 is 5.73 Å². The first kappa shape index (κ1) is 15.4. The summed E-state index contributed by atoms with van der Waals surface area (Å²) in [6, 6.07) is 8.61. The van der Waals surface area contributed by atoms with Gasteiger partial charge in [-0.15, -0.1) is 0 Å². The van der Waals surface area contributed by atoms with Crippen LogP contribution in [-0.2, 0) is 14.3 Å². The van der Waals surface area contributed by atoms with Gasteiger partial charge in [0.1, 0.15) is 0 Å². The van der Waals surface area contributed by atoms with Crippen LogP contribution in [0.4, 0.5) is 0 Å². The molecule has 0 fully saturated rings. The lowest BCUT2D eigenvalue weighted by atomic mass is 9.89. The molecule has 0 spiro atoms. The number of hydrogen-bond donors (Lipinski definition) is 1. The van der Waals surface area contributed by atoms with Crippen molar-refractivity contribution in [2.45, 2.75) is 32.2 Å². The highest BCUT2D eigenvalue weighted by Gasteiger charge is 2.27. The summed E-state index contributed by atoms with van der Waals surface area (Å²) in [6.07, 6.45) is 0.0794. The van der Waals surface area contributed by atoms with E-state index in [1.165, 1.54) is 7.11 Å². The van der Waals surface area contributed by atoms with Gasteiger partial charge in [-0.3, -0.25) is 9.59 Å². The molecule has 0 amide bonds. The van der Waals surface area contributed by atoms with Crippen molar-refractivity contribution in [1.82, 2.24) is 0 Å². The molecule has 19 heavy (non-hydrogen) atoms. The fourth-order valence-electron chi connectivity index (χ4n) is 1.87. The van der Waals surface area contributed by atoms with Gasteiger partial charge >= 0.3 is 5.97 Å². The average molecular weight is 263 g/mol. The Balaban J connectivity index is 2.88. The van der Waals surface area contributed by atoms with E-state index in [9.17, 15) is 9.59 Å². The predicted molar refractivity (Wildman–Crippen MR) is 73.6 cm³/mol. The molecule has 1 rings (SSSR count). The van der Waals surface area contributed by atoms with E-state index in [0.717, 1.165) is 5.56 Å². The molecule has 0 unspecified atom stereocenters. The van der Waals surface area contributed by atoms with Crippen LogP contribution in [0.1, 0.15) is 31.7 Å². The number of Topliss-reactive ketones (excluding diaryl/α,β-unsaturated/α-hetero) is 1. The summed E-state index contributed by atoms with van der Waals surface area (Å²) in [5.74, 6) is -1.05. The minimum atomic E-state index is -0.580. The zero-order valence-electron chi connectivity index (χ0n) is 11.6. The largest absolute Gasteiger partial charge is 0.469 e. The number of hydrogen-bond acceptors (Lipinski definition) is 4. The molecule has 0 aliphatic carbocycles. The van der Waals surface area contributed by atoms with Crippen molar-refractivity contribution in [2.24, 2.45) is 11.7 Å². The summed E-state index contributed by atoms with van der Waals surface area (Å²) in [6.45, 7) is 3.77. The van der Waals surface area contributed by atoms with Crippen LogP contribution >= 0.6 is 0 Å². The monoisotopic (exact) mass is 263 g/mol. The fourth-order valence-corrected chi connectivity index (χ4v) is 1.87. The Morgan fingerprint density at radius 2 is 1.79 bits per heavy atom. The molecule has 1 aromatic carbocycles. The molecule has 4 heteroatoms. The van der Waals surface area contributed by atoms with Crippen molar-refractivity contribution in [3.8, 4) is 0 Å². The summed E-state index contributed by atoms with van der Waals surface area (Å²) in [7, 11) is 1.32. The lowest BCUT2D eigenvalue weighted by Gasteiger charge is -2.19. The van der Waals surface area contributed by atoms with E-state index in [-0.39, 0.29) is 18.1 Å². The van der Waals surface area contributed by atoms with Gasteiger partial charge in [-0.05, 0) is 11.5 Å². The Kier molecular flexibility index (Phi) is 5.70. The van der Waals surface area contributed by atoms with Crippen LogP contribution in [0.2, 0.25) is 0 Å². The van der Waals surface area contributed by atoms with Gasteiger partial charge in [-0.2, -0.15) is 0 Å². The quantitative estimate of drug-likeness (QED) is 0.796. The highest BCUT2D eigenvalue weighted by molar-refractivity contribution is 5.90. The first-order valence-electron chi connectivity index (χ1n) is 6.38. The van der Waals surface area contributed by atoms with Gasteiger partial charge in [0, 0.05) is 6.42 Å². The van der Waals surface area contributed by atoms with Crippen molar-refractivity contribution in [2.75, 3.05) is 7.11 Å². The molecule has 0 bridgehead atoms. The third kappa shape index (κ3) is 4.17. The number of ketones is 1. The van der Waals surface area contributed by atoms with Gasteiger partial charge in [-0.25, -0.2) is 0 Å². The number of benzene rings is 1. The molecule has 0 aliphatic heterocycles. The van der Waals surface area contributed by atoms with E-state index in [2.05, 4.69) is 0 Å². The third-order valence-corrected chi connectivity index (χ3v) is 3.18. The third-order valence-electron chi connectivity index (χ3n) is 3.18. The van der Waals surface area contributed by atoms with Crippen LogP contribution in [0, 0.1) is 5.92 Å². The highest BCUT2D eigenvalue weighted by Crippen LogP contribution is 2.22. The SMILES string of the molecule is COC(=O)[C@@H](CC(=O)[C@H](N)C(C)C)c1ccccc1. The molecule has 2 atom stereocenters. The summed E-state index contributed by atoms with van der Waals surface area (Å²) >= 11 is 0. The van der Waals surface area contributed by atoms with Crippen LogP contribution in [0.25, 0.3) is 0 Å². The lowest BCUT2D eigenvalue weighted by Crippen LogP contribution is -2.37. The second kappa shape index (κ2) is 7.04. The van der Waals surface area contributed by atoms with Gasteiger partial charge in [-0.1, -0.05) is 44.2 Å². The summed E-state index contributed by atoms with van der Waals surface area (Å²) < 4.78 is 4.78. The molecule has 1 aromatic rings. The number of methoxy groups -OCH3 is 1. The molecule has 0 radical (unpaired) electrons. The zero-order chi connectivity index (χ0) is 14.4. The second-order valence-corrected chi connectivity index (χ2v) is 4.93. The smallest absolute Gasteiger partial charge is 0.313 e. The maximum absolute atomic E-state index is 12.1. The van der Waals surface area contributed by atoms with Gasteiger partial charge in [0.25, 0.3) is 0 Å². The Hall–Kier alpha value is -1.68.